The van der Waals surface area contributed by atoms with Crippen LogP contribution in [-0.2, 0) is 0 Å². The minimum absolute atomic E-state index is 0.223. The third kappa shape index (κ3) is 3.34. The van der Waals surface area contributed by atoms with Crippen LogP contribution in [-0.4, -0.2) is 17.8 Å². The molecule has 1 N–H and O–H groups in total. The highest BCUT2D eigenvalue weighted by Crippen LogP contribution is 2.39. The van der Waals surface area contributed by atoms with Gasteiger partial charge in [0, 0.05) is 22.4 Å². The van der Waals surface area contributed by atoms with E-state index < -0.39 is 0 Å². The summed E-state index contributed by atoms with van der Waals surface area (Å²) in [6, 6.07) is 12.4. The summed E-state index contributed by atoms with van der Waals surface area (Å²) in [6.45, 7) is 4.47. The molecule has 2 amide bonds. The lowest BCUT2D eigenvalue weighted by molar-refractivity contribution is 0.256. The average molecular weight is 330 g/mol. The number of nitrogens with one attached hydrogen (secondary N) is 1. The third-order valence-corrected chi connectivity index (χ3v) is 5.37. The summed E-state index contributed by atoms with van der Waals surface area (Å²) in [5, 5.41) is 3.17. The number of hydrogen-bond acceptors (Lipinski definition) is 2. The van der Waals surface area contributed by atoms with Crippen LogP contribution < -0.4 is 10.2 Å². The summed E-state index contributed by atoms with van der Waals surface area (Å²) in [5.74, 6) is -0.316. The zero-order chi connectivity index (χ0) is 16.4. The molecule has 0 spiro atoms. The topological polar surface area (TPSA) is 32.3 Å². The average Bonchev–Trinajstić information content (AvgIpc) is 2.57. The number of nitrogens with zero attached hydrogens (tertiary/aromatic N) is 1. The largest absolute Gasteiger partial charge is 0.326 e. The Balaban J connectivity index is 1.84. The van der Waals surface area contributed by atoms with E-state index in [4.69, 9.17) is 0 Å². The van der Waals surface area contributed by atoms with Crippen LogP contribution in [0.2, 0.25) is 0 Å². The van der Waals surface area contributed by atoms with Gasteiger partial charge in [-0.25, -0.2) is 9.18 Å². The van der Waals surface area contributed by atoms with Crippen LogP contribution in [0.3, 0.4) is 0 Å². The van der Waals surface area contributed by atoms with Gasteiger partial charge < -0.3 is 5.32 Å². The maximum Gasteiger partial charge on any atom is 0.326 e. The van der Waals surface area contributed by atoms with Crippen molar-refractivity contribution in [2.24, 2.45) is 0 Å². The maximum atomic E-state index is 13.7. The van der Waals surface area contributed by atoms with Crippen molar-refractivity contribution in [3.8, 4) is 0 Å². The molecule has 2 aromatic rings. The van der Waals surface area contributed by atoms with Crippen molar-refractivity contribution in [1.82, 2.24) is 0 Å². The van der Waals surface area contributed by atoms with Crippen LogP contribution in [0.4, 0.5) is 20.6 Å². The van der Waals surface area contributed by atoms with E-state index in [1.807, 2.05) is 36.0 Å². The van der Waals surface area contributed by atoms with Crippen molar-refractivity contribution >= 4 is 29.2 Å². The predicted octanol–water partition coefficient (Wildman–Crippen LogP) is 5.06. The molecule has 0 aliphatic carbocycles. The molecule has 23 heavy (non-hydrogen) atoms. The molecule has 1 heterocycles. The van der Waals surface area contributed by atoms with Crippen molar-refractivity contribution in [2.45, 2.75) is 30.4 Å². The Hall–Kier alpha value is -2.01. The first-order chi connectivity index (χ1) is 11.1. The molecular formula is C18H19FN2OS. The molecule has 120 valence electrons. The normalized spacial score (nSPS) is 16.8. The quantitative estimate of drug-likeness (QED) is 0.835. The monoisotopic (exact) mass is 330 g/mol. The molecule has 1 aliphatic rings. The van der Waals surface area contributed by atoms with Crippen molar-refractivity contribution in [3.63, 3.8) is 0 Å². The van der Waals surface area contributed by atoms with Gasteiger partial charge in [0.25, 0.3) is 0 Å². The zero-order valence-electron chi connectivity index (χ0n) is 13.2. The minimum atomic E-state index is -0.316. The number of carbonyl (C=O) groups is 1. The molecule has 5 heteroatoms. The fourth-order valence-corrected chi connectivity index (χ4v) is 3.77. The number of fused-ring (bicyclic) bond motifs is 1. The molecule has 0 saturated carbocycles. The second-order valence-electron chi connectivity index (χ2n) is 5.62. The van der Waals surface area contributed by atoms with E-state index in [9.17, 15) is 9.18 Å². The van der Waals surface area contributed by atoms with E-state index >= 15 is 0 Å². The number of hydrogen-bond donors (Lipinski definition) is 1. The molecule has 3 rings (SSSR count). The molecule has 0 unspecified atom stereocenters. The standard InChI is InChI=1S/C18H19FN2OS/c1-3-14-11-21(16-6-4-5-7-17(16)23-14)18(22)20-13-9-8-12(2)15(19)10-13/h4-10,14H,3,11H2,1-2H3,(H,20,22)/t14-/m1/s1. The van der Waals surface area contributed by atoms with E-state index in [2.05, 4.69) is 12.2 Å². The summed E-state index contributed by atoms with van der Waals surface area (Å²) < 4.78 is 13.7. The summed E-state index contributed by atoms with van der Waals surface area (Å²) in [5.41, 5.74) is 1.95. The molecule has 3 nitrogen and oxygen atoms in total. The van der Waals surface area contributed by atoms with Gasteiger partial charge in [0.05, 0.1) is 5.69 Å². The van der Waals surface area contributed by atoms with Gasteiger partial charge in [-0.05, 0) is 43.2 Å². The summed E-state index contributed by atoms with van der Waals surface area (Å²) in [4.78, 5) is 15.5. The highest BCUT2D eigenvalue weighted by atomic mass is 32.2. The Bertz CT molecular complexity index is 735. The Morgan fingerprint density at radius 1 is 1.35 bits per heavy atom. The van der Waals surface area contributed by atoms with E-state index in [1.165, 1.54) is 6.07 Å². The number of aryl methyl sites for hydroxylation is 1. The number of benzene rings is 2. The van der Waals surface area contributed by atoms with Gasteiger partial charge in [-0.2, -0.15) is 0 Å². The maximum absolute atomic E-state index is 13.7. The van der Waals surface area contributed by atoms with Crippen LogP contribution in [0.15, 0.2) is 47.4 Å². The Morgan fingerprint density at radius 2 is 2.13 bits per heavy atom. The van der Waals surface area contributed by atoms with Gasteiger partial charge in [-0.1, -0.05) is 25.1 Å². The van der Waals surface area contributed by atoms with Crippen molar-refractivity contribution in [3.05, 3.63) is 53.8 Å². The molecular weight excluding hydrogens is 311 g/mol. The molecule has 2 aromatic carbocycles. The smallest absolute Gasteiger partial charge is 0.307 e. The summed E-state index contributed by atoms with van der Waals surface area (Å²) in [6.07, 6.45) is 0.988. The molecule has 1 aliphatic heterocycles. The highest BCUT2D eigenvalue weighted by Gasteiger charge is 2.28. The fourth-order valence-electron chi connectivity index (χ4n) is 2.56. The number of rotatable bonds is 2. The number of halogens is 1. The summed E-state index contributed by atoms with van der Waals surface area (Å²) in [7, 11) is 0. The van der Waals surface area contributed by atoms with Crippen molar-refractivity contribution in [1.29, 1.82) is 0 Å². The highest BCUT2D eigenvalue weighted by molar-refractivity contribution is 8.00. The first-order valence-electron chi connectivity index (χ1n) is 7.69. The lowest BCUT2D eigenvalue weighted by atomic mass is 10.2. The van der Waals surface area contributed by atoms with Gasteiger partial charge >= 0.3 is 6.03 Å². The number of amides is 2. The Kier molecular flexibility index (Phi) is 4.57. The van der Waals surface area contributed by atoms with E-state index in [-0.39, 0.29) is 11.8 Å². The van der Waals surface area contributed by atoms with E-state index in [0.29, 0.717) is 23.0 Å². The molecule has 0 saturated heterocycles. The Morgan fingerprint density at radius 3 is 2.87 bits per heavy atom. The zero-order valence-corrected chi connectivity index (χ0v) is 14.0. The lowest BCUT2D eigenvalue weighted by Crippen LogP contribution is -2.41. The van der Waals surface area contributed by atoms with Crippen molar-refractivity contribution < 1.29 is 9.18 Å². The predicted molar refractivity (Wildman–Crippen MR) is 93.9 cm³/mol. The second kappa shape index (κ2) is 6.62. The van der Waals surface area contributed by atoms with Crippen LogP contribution in [0.5, 0.6) is 0 Å². The van der Waals surface area contributed by atoms with Crippen molar-refractivity contribution in [2.75, 3.05) is 16.8 Å². The number of carbonyl (C=O) groups excluding carboxylic acids is 1. The van der Waals surface area contributed by atoms with Gasteiger partial charge in [0.1, 0.15) is 5.82 Å². The fraction of sp³-hybridized carbons (Fsp3) is 0.278. The number of urea groups is 1. The third-order valence-electron chi connectivity index (χ3n) is 3.96. The molecule has 0 aromatic heterocycles. The lowest BCUT2D eigenvalue weighted by Gasteiger charge is -2.33. The molecule has 0 bridgehead atoms. The Labute approximate surface area is 139 Å². The van der Waals surface area contributed by atoms with Crippen LogP contribution in [0.25, 0.3) is 0 Å². The van der Waals surface area contributed by atoms with Crippen LogP contribution >= 0.6 is 11.8 Å². The SMILES string of the molecule is CC[C@@H]1CN(C(=O)Nc2ccc(C)c(F)c2)c2ccccc2S1. The van der Waals surface area contributed by atoms with Crippen LogP contribution in [0, 0.1) is 12.7 Å². The van der Waals surface area contributed by atoms with Gasteiger partial charge in [-0.3, -0.25) is 4.90 Å². The first kappa shape index (κ1) is 15.9. The van der Waals surface area contributed by atoms with Crippen LogP contribution in [0.1, 0.15) is 18.9 Å². The van der Waals surface area contributed by atoms with Gasteiger partial charge in [0.2, 0.25) is 0 Å². The number of thioether (sulfide) groups is 1. The molecule has 0 fully saturated rings. The summed E-state index contributed by atoms with van der Waals surface area (Å²) >= 11 is 1.81. The molecule has 0 radical (unpaired) electrons. The number of para-hydroxylation sites is 1. The first-order valence-corrected chi connectivity index (χ1v) is 8.57. The van der Waals surface area contributed by atoms with Gasteiger partial charge in [0.15, 0.2) is 0 Å². The second-order valence-corrected chi connectivity index (χ2v) is 6.96. The van der Waals surface area contributed by atoms with Gasteiger partial charge in [-0.15, -0.1) is 11.8 Å². The van der Waals surface area contributed by atoms with E-state index in [1.54, 1.807) is 24.0 Å². The number of anilines is 2. The van der Waals surface area contributed by atoms with E-state index in [0.717, 1.165) is 17.0 Å². The molecule has 1 atom stereocenters. The minimum Gasteiger partial charge on any atom is -0.307 e.